The van der Waals surface area contributed by atoms with Crippen LogP contribution in [0.15, 0.2) is 35.5 Å². The van der Waals surface area contributed by atoms with Gasteiger partial charge in [-0.25, -0.2) is 0 Å². The second-order valence-electron chi connectivity index (χ2n) is 6.48. The van der Waals surface area contributed by atoms with Crippen molar-refractivity contribution in [1.29, 1.82) is 0 Å². The zero-order valence-electron chi connectivity index (χ0n) is 14.3. The van der Waals surface area contributed by atoms with Gasteiger partial charge in [0.25, 0.3) is 0 Å². The number of hydrogen-bond acceptors (Lipinski definition) is 4. The zero-order valence-corrected chi connectivity index (χ0v) is 15.1. The summed E-state index contributed by atoms with van der Waals surface area (Å²) in [4.78, 5) is 14.0. The molecule has 1 aromatic heterocycles. The molecule has 0 aliphatic heterocycles. The molecule has 1 aliphatic carbocycles. The number of carbonyl (C=O) groups is 1. The van der Waals surface area contributed by atoms with Crippen molar-refractivity contribution >= 4 is 17.7 Å². The molecular weight excluding hydrogens is 320 g/mol. The van der Waals surface area contributed by atoms with Gasteiger partial charge < -0.3 is 9.88 Å². The van der Waals surface area contributed by atoms with Crippen LogP contribution >= 0.6 is 11.8 Å². The lowest BCUT2D eigenvalue weighted by Gasteiger charge is -2.27. The average molecular weight is 344 g/mol. The van der Waals surface area contributed by atoms with E-state index in [0.29, 0.717) is 13.0 Å². The van der Waals surface area contributed by atoms with Gasteiger partial charge in [-0.05, 0) is 31.9 Å². The van der Waals surface area contributed by atoms with Gasteiger partial charge in [0.15, 0.2) is 0 Å². The van der Waals surface area contributed by atoms with Crippen LogP contribution < -0.4 is 5.32 Å². The lowest BCUT2D eigenvalue weighted by Crippen LogP contribution is -2.43. The molecule has 5 nitrogen and oxygen atoms in total. The van der Waals surface area contributed by atoms with E-state index in [-0.39, 0.29) is 10.7 Å². The van der Waals surface area contributed by atoms with Crippen LogP contribution in [-0.4, -0.2) is 32.0 Å². The summed E-state index contributed by atoms with van der Waals surface area (Å²) in [6, 6.07) is 8.45. The molecule has 3 rings (SSSR count). The molecule has 1 N–H and O–H groups in total. The fraction of sp³-hybridized carbons (Fsp3) is 0.500. The van der Waals surface area contributed by atoms with E-state index < -0.39 is 0 Å². The predicted molar refractivity (Wildman–Crippen MR) is 96.0 cm³/mol. The molecule has 1 amide bonds. The number of hydrogen-bond donors (Lipinski definition) is 1. The minimum atomic E-state index is -0.324. The first-order valence-electron chi connectivity index (χ1n) is 8.46. The van der Waals surface area contributed by atoms with Gasteiger partial charge in [0.05, 0.1) is 4.75 Å². The van der Waals surface area contributed by atoms with E-state index in [9.17, 15) is 4.79 Å². The first kappa shape index (κ1) is 17.0. The normalized spacial score (nSPS) is 16.2. The lowest BCUT2D eigenvalue weighted by molar-refractivity contribution is -0.123. The van der Waals surface area contributed by atoms with Crippen LogP contribution in [0.1, 0.15) is 37.1 Å². The smallest absolute Gasteiger partial charge is 0.236 e. The molecule has 1 heterocycles. The summed E-state index contributed by atoms with van der Waals surface area (Å²) in [7, 11) is 1.92. The summed E-state index contributed by atoms with van der Waals surface area (Å²) in [6.07, 6.45) is 6.52. The molecule has 0 atom stereocenters. The SMILES string of the molecule is Cc1ccc(SC2(C(=O)NCCc3nncn3C)CCCC2)cc1. The summed E-state index contributed by atoms with van der Waals surface area (Å²) in [5, 5.41) is 11.1. The Balaban J connectivity index is 1.62. The third-order valence-electron chi connectivity index (χ3n) is 4.60. The number of amides is 1. The number of benzene rings is 1. The second-order valence-corrected chi connectivity index (χ2v) is 7.94. The Morgan fingerprint density at radius 1 is 1.29 bits per heavy atom. The molecule has 0 radical (unpaired) electrons. The van der Waals surface area contributed by atoms with E-state index in [0.717, 1.165) is 31.5 Å². The van der Waals surface area contributed by atoms with Gasteiger partial charge in [0.2, 0.25) is 5.91 Å². The highest BCUT2D eigenvalue weighted by atomic mass is 32.2. The third kappa shape index (κ3) is 3.80. The standard InChI is InChI=1S/C18H24N4OS/c1-14-5-7-15(8-6-14)24-18(10-3-4-11-18)17(23)19-12-9-16-21-20-13-22(16)2/h5-8,13H,3-4,9-12H2,1-2H3,(H,19,23). The van der Waals surface area contributed by atoms with Gasteiger partial charge >= 0.3 is 0 Å². The monoisotopic (exact) mass is 344 g/mol. The second kappa shape index (κ2) is 7.38. The molecule has 1 aliphatic rings. The van der Waals surface area contributed by atoms with Crippen molar-refractivity contribution in [3.63, 3.8) is 0 Å². The van der Waals surface area contributed by atoms with Crippen LogP contribution in [0.25, 0.3) is 0 Å². The molecular formula is C18H24N4OS. The van der Waals surface area contributed by atoms with Gasteiger partial charge in [-0.15, -0.1) is 22.0 Å². The first-order chi connectivity index (χ1) is 11.6. The van der Waals surface area contributed by atoms with Crippen molar-refractivity contribution in [3.05, 3.63) is 42.0 Å². The van der Waals surface area contributed by atoms with E-state index in [4.69, 9.17) is 0 Å². The maximum Gasteiger partial charge on any atom is 0.236 e. The number of aryl methyl sites for hydroxylation is 2. The summed E-state index contributed by atoms with van der Waals surface area (Å²) in [5.41, 5.74) is 1.24. The summed E-state index contributed by atoms with van der Waals surface area (Å²) in [5.74, 6) is 1.05. The summed E-state index contributed by atoms with van der Waals surface area (Å²) in [6.45, 7) is 2.68. The minimum Gasteiger partial charge on any atom is -0.354 e. The van der Waals surface area contributed by atoms with Crippen LogP contribution in [0.5, 0.6) is 0 Å². The Labute approximate surface area is 147 Å². The van der Waals surface area contributed by atoms with Gasteiger partial charge in [0.1, 0.15) is 12.2 Å². The van der Waals surface area contributed by atoms with Crippen molar-refractivity contribution < 1.29 is 4.79 Å². The van der Waals surface area contributed by atoms with Crippen LogP contribution in [0.2, 0.25) is 0 Å². The summed E-state index contributed by atoms with van der Waals surface area (Å²) < 4.78 is 1.56. The van der Waals surface area contributed by atoms with E-state index in [1.807, 2.05) is 11.6 Å². The fourth-order valence-corrected chi connectivity index (χ4v) is 4.52. The van der Waals surface area contributed by atoms with Crippen molar-refractivity contribution in [2.75, 3.05) is 6.54 Å². The van der Waals surface area contributed by atoms with Crippen molar-refractivity contribution in [2.45, 2.75) is 48.7 Å². The van der Waals surface area contributed by atoms with E-state index in [2.05, 4.69) is 46.7 Å². The molecule has 1 fully saturated rings. The predicted octanol–water partition coefficient (Wildman–Crippen LogP) is 2.89. The lowest BCUT2D eigenvalue weighted by atomic mass is 10.1. The molecule has 1 saturated carbocycles. The molecule has 0 bridgehead atoms. The van der Waals surface area contributed by atoms with Crippen molar-refractivity contribution in [1.82, 2.24) is 20.1 Å². The average Bonchev–Trinajstić information content (AvgIpc) is 3.20. The van der Waals surface area contributed by atoms with Crippen LogP contribution in [-0.2, 0) is 18.3 Å². The molecule has 6 heteroatoms. The maximum absolute atomic E-state index is 12.9. The number of nitrogens with one attached hydrogen (secondary N) is 1. The first-order valence-corrected chi connectivity index (χ1v) is 9.28. The highest BCUT2D eigenvalue weighted by Gasteiger charge is 2.41. The van der Waals surface area contributed by atoms with E-state index in [1.54, 1.807) is 18.1 Å². The molecule has 0 saturated heterocycles. The zero-order chi connectivity index (χ0) is 17.0. The van der Waals surface area contributed by atoms with Gasteiger partial charge in [-0.1, -0.05) is 30.5 Å². The number of rotatable bonds is 6. The number of nitrogens with zero attached hydrogens (tertiary/aromatic N) is 3. The number of aromatic nitrogens is 3. The molecule has 128 valence electrons. The Hall–Kier alpha value is -1.82. The quantitative estimate of drug-likeness (QED) is 0.875. The van der Waals surface area contributed by atoms with Crippen LogP contribution in [0, 0.1) is 6.92 Å². The van der Waals surface area contributed by atoms with E-state index >= 15 is 0 Å². The molecule has 24 heavy (non-hydrogen) atoms. The molecule has 0 unspecified atom stereocenters. The van der Waals surface area contributed by atoms with E-state index in [1.165, 1.54) is 10.5 Å². The molecule has 1 aromatic carbocycles. The van der Waals surface area contributed by atoms with Gasteiger partial charge in [0, 0.05) is 24.9 Å². The topological polar surface area (TPSA) is 59.8 Å². The van der Waals surface area contributed by atoms with Crippen molar-refractivity contribution in [2.24, 2.45) is 7.05 Å². The Bertz CT molecular complexity index is 689. The number of carbonyl (C=O) groups excluding carboxylic acids is 1. The fourth-order valence-electron chi connectivity index (χ4n) is 3.14. The summed E-state index contributed by atoms with van der Waals surface area (Å²) >= 11 is 1.72. The maximum atomic E-state index is 12.9. The molecule has 2 aromatic rings. The van der Waals surface area contributed by atoms with Crippen LogP contribution in [0.4, 0.5) is 0 Å². The Morgan fingerprint density at radius 2 is 2.00 bits per heavy atom. The Morgan fingerprint density at radius 3 is 2.62 bits per heavy atom. The highest BCUT2D eigenvalue weighted by Crippen LogP contribution is 2.45. The molecule has 0 spiro atoms. The largest absolute Gasteiger partial charge is 0.354 e. The van der Waals surface area contributed by atoms with Crippen molar-refractivity contribution in [3.8, 4) is 0 Å². The number of thioether (sulfide) groups is 1. The minimum absolute atomic E-state index is 0.160. The van der Waals surface area contributed by atoms with Gasteiger partial charge in [-0.3, -0.25) is 4.79 Å². The highest BCUT2D eigenvalue weighted by molar-refractivity contribution is 8.01. The Kier molecular flexibility index (Phi) is 5.23. The van der Waals surface area contributed by atoms with Gasteiger partial charge in [-0.2, -0.15) is 0 Å². The van der Waals surface area contributed by atoms with Crippen LogP contribution in [0.3, 0.4) is 0 Å². The third-order valence-corrected chi connectivity index (χ3v) is 6.09.